The summed E-state index contributed by atoms with van der Waals surface area (Å²) in [7, 11) is 0. The van der Waals surface area contributed by atoms with Crippen LogP contribution >= 0.6 is 11.3 Å². The maximum Gasteiger partial charge on any atom is 0.418 e. The number of carbonyl (C=O) groups is 1. The number of alkyl halides is 3. The van der Waals surface area contributed by atoms with Crippen LogP contribution in [0.15, 0.2) is 53.9 Å². The van der Waals surface area contributed by atoms with Crippen molar-refractivity contribution in [1.82, 2.24) is 10.2 Å². The predicted octanol–water partition coefficient (Wildman–Crippen LogP) is 4.48. The fraction of sp³-hybridized carbons (Fsp3) is 0.118. The van der Waals surface area contributed by atoms with E-state index in [0.717, 1.165) is 10.9 Å². The maximum absolute atomic E-state index is 13.0. The Hall–Kier alpha value is -2.94. The number of carbonyl (C=O) groups excluding carboxylic acids is 1. The Morgan fingerprint density at radius 2 is 1.73 bits per heavy atom. The summed E-state index contributed by atoms with van der Waals surface area (Å²) in [6.07, 6.45) is -4.26. The van der Waals surface area contributed by atoms with Crippen molar-refractivity contribution in [3.63, 3.8) is 0 Å². The average Bonchev–Trinajstić information content (AvgIpc) is 3.09. The van der Waals surface area contributed by atoms with Crippen LogP contribution in [0.3, 0.4) is 0 Å². The van der Waals surface area contributed by atoms with Gasteiger partial charge in [-0.05, 0) is 35.7 Å². The fourth-order valence-electron chi connectivity index (χ4n) is 2.20. The summed E-state index contributed by atoms with van der Waals surface area (Å²) in [5.41, 5.74) is -0.918. The third-order valence-corrected chi connectivity index (χ3v) is 4.22. The molecule has 0 aliphatic rings. The van der Waals surface area contributed by atoms with Gasteiger partial charge in [-0.25, -0.2) is 0 Å². The second-order valence-electron chi connectivity index (χ2n) is 5.28. The van der Waals surface area contributed by atoms with E-state index in [1.165, 1.54) is 41.7 Å². The summed E-state index contributed by atoms with van der Waals surface area (Å²) in [5, 5.41) is 14.7. The highest BCUT2D eigenvalue weighted by Gasteiger charge is 2.33. The Morgan fingerprint density at radius 1 is 1.00 bits per heavy atom. The van der Waals surface area contributed by atoms with Gasteiger partial charge in [0.1, 0.15) is 0 Å². The molecule has 1 aromatic carbocycles. The zero-order valence-electron chi connectivity index (χ0n) is 13.2. The molecule has 0 aliphatic heterocycles. The average molecular weight is 378 g/mol. The lowest BCUT2D eigenvalue weighted by Gasteiger charge is -2.13. The van der Waals surface area contributed by atoms with Crippen molar-refractivity contribution in [1.29, 1.82) is 0 Å². The number of para-hydroxylation sites is 1. The second-order valence-corrected chi connectivity index (χ2v) is 6.31. The zero-order chi connectivity index (χ0) is 18.6. The Kier molecular flexibility index (Phi) is 5.17. The molecule has 0 fully saturated rings. The minimum Gasteiger partial charge on any atom is -0.338 e. The minimum absolute atomic E-state index is 0.121. The number of anilines is 3. The number of amides is 1. The molecular formula is C17H13F3N4OS. The van der Waals surface area contributed by atoms with Crippen LogP contribution < -0.4 is 10.6 Å². The van der Waals surface area contributed by atoms with Crippen molar-refractivity contribution in [2.75, 3.05) is 10.6 Å². The predicted molar refractivity (Wildman–Crippen MR) is 93.4 cm³/mol. The van der Waals surface area contributed by atoms with Crippen LogP contribution in [-0.4, -0.2) is 16.1 Å². The van der Waals surface area contributed by atoms with Crippen molar-refractivity contribution in [2.45, 2.75) is 12.6 Å². The molecule has 0 unspecified atom stereocenters. The molecule has 5 nitrogen and oxygen atoms in total. The van der Waals surface area contributed by atoms with E-state index in [1.54, 1.807) is 0 Å². The van der Waals surface area contributed by atoms with E-state index in [-0.39, 0.29) is 29.7 Å². The van der Waals surface area contributed by atoms with E-state index in [9.17, 15) is 18.0 Å². The first-order valence-corrected chi connectivity index (χ1v) is 8.39. The SMILES string of the molecule is O=C(Cc1cccs1)Nc1ccc(Nc2ccccc2C(F)(F)F)nn1. The molecular weight excluding hydrogens is 365 g/mol. The van der Waals surface area contributed by atoms with Gasteiger partial charge in [0.25, 0.3) is 0 Å². The highest BCUT2D eigenvalue weighted by Crippen LogP contribution is 2.35. The first-order chi connectivity index (χ1) is 12.4. The van der Waals surface area contributed by atoms with Crippen LogP contribution in [0.5, 0.6) is 0 Å². The Morgan fingerprint density at radius 3 is 2.38 bits per heavy atom. The minimum atomic E-state index is -4.48. The van der Waals surface area contributed by atoms with E-state index < -0.39 is 11.7 Å². The molecule has 0 radical (unpaired) electrons. The van der Waals surface area contributed by atoms with Gasteiger partial charge in [0.2, 0.25) is 5.91 Å². The van der Waals surface area contributed by atoms with Crippen LogP contribution in [0.25, 0.3) is 0 Å². The van der Waals surface area contributed by atoms with Crippen LogP contribution in [0.2, 0.25) is 0 Å². The van der Waals surface area contributed by atoms with Crippen LogP contribution in [0, 0.1) is 0 Å². The molecule has 0 saturated heterocycles. The topological polar surface area (TPSA) is 66.9 Å². The van der Waals surface area contributed by atoms with Crippen LogP contribution in [0.4, 0.5) is 30.5 Å². The summed E-state index contributed by atoms with van der Waals surface area (Å²) in [5.74, 6) is 0.115. The monoisotopic (exact) mass is 378 g/mol. The zero-order valence-corrected chi connectivity index (χ0v) is 14.1. The number of nitrogens with one attached hydrogen (secondary N) is 2. The van der Waals surface area contributed by atoms with Gasteiger partial charge in [-0.1, -0.05) is 18.2 Å². The van der Waals surface area contributed by atoms with Gasteiger partial charge in [-0.2, -0.15) is 13.2 Å². The normalized spacial score (nSPS) is 11.2. The highest BCUT2D eigenvalue weighted by atomic mass is 32.1. The second kappa shape index (κ2) is 7.52. The van der Waals surface area contributed by atoms with E-state index >= 15 is 0 Å². The van der Waals surface area contributed by atoms with Gasteiger partial charge in [0.15, 0.2) is 11.6 Å². The number of hydrogen-bond acceptors (Lipinski definition) is 5. The molecule has 0 bridgehead atoms. The van der Waals surface area contributed by atoms with Gasteiger partial charge >= 0.3 is 6.18 Å². The number of halogens is 3. The molecule has 0 atom stereocenters. The summed E-state index contributed by atoms with van der Waals surface area (Å²) in [6.45, 7) is 0. The lowest BCUT2D eigenvalue weighted by molar-refractivity contribution is -0.136. The van der Waals surface area contributed by atoms with Crippen molar-refractivity contribution >= 4 is 34.6 Å². The van der Waals surface area contributed by atoms with E-state index in [4.69, 9.17) is 0 Å². The largest absolute Gasteiger partial charge is 0.418 e. The summed E-state index contributed by atoms with van der Waals surface area (Å²) in [6, 6.07) is 11.7. The van der Waals surface area contributed by atoms with E-state index in [0.29, 0.717) is 0 Å². The molecule has 26 heavy (non-hydrogen) atoms. The Labute approximate surface area is 150 Å². The molecule has 2 heterocycles. The van der Waals surface area contributed by atoms with Crippen molar-refractivity contribution < 1.29 is 18.0 Å². The molecule has 0 spiro atoms. The first kappa shape index (κ1) is 17.9. The number of rotatable bonds is 5. The number of thiophene rings is 1. The maximum atomic E-state index is 13.0. The molecule has 2 N–H and O–H groups in total. The number of hydrogen-bond donors (Lipinski definition) is 2. The molecule has 1 amide bonds. The van der Waals surface area contributed by atoms with E-state index in [2.05, 4.69) is 20.8 Å². The van der Waals surface area contributed by atoms with Crippen LogP contribution in [0.1, 0.15) is 10.4 Å². The van der Waals surface area contributed by atoms with Gasteiger partial charge in [-0.3, -0.25) is 4.79 Å². The Bertz CT molecular complexity index is 880. The molecule has 9 heteroatoms. The molecule has 3 rings (SSSR count). The van der Waals surface area contributed by atoms with Gasteiger partial charge in [0.05, 0.1) is 17.7 Å². The summed E-state index contributed by atoms with van der Waals surface area (Å²) < 4.78 is 39.0. The van der Waals surface area contributed by atoms with Crippen molar-refractivity contribution in [3.8, 4) is 0 Å². The molecule has 2 aromatic heterocycles. The molecule has 0 aliphatic carbocycles. The lowest BCUT2D eigenvalue weighted by atomic mass is 10.1. The highest BCUT2D eigenvalue weighted by molar-refractivity contribution is 7.10. The molecule has 3 aromatic rings. The third kappa shape index (κ3) is 4.57. The van der Waals surface area contributed by atoms with E-state index in [1.807, 2.05) is 17.5 Å². The number of nitrogens with zero attached hydrogens (tertiary/aromatic N) is 2. The van der Waals surface area contributed by atoms with Crippen molar-refractivity contribution in [3.05, 3.63) is 64.4 Å². The fourth-order valence-corrected chi connectivity index (χ4v) is 2.90. The number of benzene rings is 1. The summed E-state index contributed by atoms with van der Waals surface area (Å²) >= 11 is 1.47. The van der Waals surface area contributed by atoms with Crippen LogP contribution in [-0.2, 0) is 17.4 Å². The van der Waals surface area contributed by atoms with Gasteiger partial charge < -0.3 is 10.6 Å². The quantitative estimate of drug-likeness (QED) is 0.687. The third-order valence-electron chi connectivity index (χ3n) is 3.34. The smallest absolute Gasteiger partial charge is 0.338 e. The standard InChI is InChI=1S/C17H13F3N4OS/c18-17(19,20)12-5-1-2-6-13(12)21-14-7-8-15(24-23-14)22-16(25)10-11-4-3-9-26-11/h1-9H,10H2,(H,21,23)(H,22,24,25). The van der Waals surface area contributed by atoms with Gasteiger partial charge in [-0.15, -0.1) is 21.5 Å². The number of aromatic nitrogens is 2. The molecule has 0 saturated carbocycles. The van der Waals surface area contributed by atoms with Crippen molar-refractivity contribution in [2.24, 2.45) is 0 Å². The first-order valence-electron chi connectivity index (χ1n) is 7.51. The Balaban J connectivity index is 1.66. The lowest BCUT2D eigenvalue weighted by Crippen LogP contribution is -2.15. The van der Waals surface area contributed by atoms with Gasteiger partial charge in [0, 0.05) is 4.88 Å². The summed E-state index contributed by atoms with van der Waals surface area (Å²) in [4.78, 5) is 12.8. The molecule has 134 valence electrons.